The van der Waals surface area contributed by atoms with E-state index in [9.17, 15) is 18.7 Å². The van der Waals surface area contributed by atoms with Crippen LogP contribution in [-0.4, -0.2) is 39.2 Å². The molecule has 0 saturated heterocycles. The number of aliphatic carboxylic acids is 1. The molecule has 0 aliphatic heterocycles. The highest BCUT2D eigenvalue weighted by Gasteiger charge is 2.47. The number of methoxy groups -OCH3 is 1. The van der Waals surface area contributed by atoms with Crippen LogP contribution < -0.4 is 10.1 Å². The minimum absolute atomic E-state index is 0.141. The Hall–Kier alpha value is -4.01. The largest absolute Gasteiger partial charge is 0.497 e. The summed E-state index contributed by atoms with van der Waals surface area (Å²) >= 11 is 0. The second-order valence-corrected chi connectivity index (χ2v) is 9.91. The molecule has 3 aliphatic rings. The lowest BCUT2D eigenvalue weighted by Gasteiger charge is -2.47. The molecule has 3 N–H and O–H groups in total. The zero-order valence-electron chi connectivity index (χ0n) is 20.2. The van der Waals surface area contributed by atoms with Gasteiger partial charge in [-0.05, 0) is 67.9 Å². The number of ether oxygens (including phenoxy) is 1. The Kier molecular flexibility index (Phi) is 5.78. The minimum Gasteiger partial charge on any atom is -0.497 e. The monoisotopic (exact) mass is 504 g/mol. The molecule has 7 nitrogen and oxygen atoms in total. The maximum atomic E-state index is 14.4. The number of carboxylic acid groups (broad SMARTS) is 1. The maximum absolute atomic E-state index is 14.4. The Bertz CT molecular complexity index is 1480. The molecule has 3 saturated carbocycles. The number of hydrogen-bond donors (Lipinski definition) is 3. The first-order chi connectivity index (χ1) is 17.9. The lowest BCUT2D eigenvalue weighted by molar-refractivity contribution is -0.148. The van der Waals surface area contributed by atoms with Crippen molar-refractivity contribution in [1.82, 2.24) is 15.0 Å². The van der Waals surface area contributed by atoms with Crippen LogP contribution in [-0.2, 0) is 4.79 Å². The van der Waals surface area contributed by atoms with Gasteiger partial charge in [0.2, 0.25) is 0 Å². The van der Waals surface area contributed by atoms with Crippen LogP contribution in [0.4, 0.5) is 14.6 Å². The molecule has 0 spiro atoms. The summed E-state index contributed by atoms with van der Waals surface area (Å²) in [6.45, 7) is 0. The number of hydrogen-bond acceptors (Lipinski definition) is 5. The number of benzene rings is 2. The van der Waals surface area contributed by atoms with Crippen molar-refractivity contribution in [2.75, 3.05) is 12.4 Å². The number of halogens is 2. The van der Waals surface area contributed by atoms with Gasteiger partial charge in [-0.3, -0.25) is 4.79 Å². The molecular formula is C28H26F2N4O3. The molecule has 37 heavy (non-hydrogen) atoms. The number of carboxylic acids is 1. The predicted octanol–water partition coefficient (Wildman–Crippen LogP) is 5.88. The van der Waals surface area contributed by atoms with E-state index in [1.54, 1.807) is 19.4 Å². The molecule has 9 heteroatoms. The number of fused-ring (bicyclic) bond motifs is 4. The Balaban J connectivity index is 1.47. The predicted molar refractivity (Wildman–Crippen MR) is 135 cm³/mol. The van der Waals surface area contributed by atoms with E-state index in [0.717, 1.165) is 37.3 Å². The van der Waals surface area contributed by atoms with Crippen molar-refractivity contribution in [2.24, 2.45) is 17.8 Å². The van der Waals surface area contributed by atoms with Crippen LogP contribution >= 0.6 is 0 Å². The quantitative estimate of drug-likeness (QED) is 0.303. The van der Waals surface area contributed by atoms with E-state index in [1.165, 1.54) is 6.07 Å². The van der Waals surface area contributed by atoms with E-state index >= 15 is 0 Å². The second-order valence-electron chi connectivity index (χ2n) is 9.91. The van der Waals surface area contributed by atoms with Crippen LogP contribution in [0.25, 0.3) is 33.5 Å². The van der Waals surface area contributed by atoms with Gasteiger partial charge >= 0.3 is 5.97 Å². The number of aromatic nitrogens is 3. The van der Waals surface area contributed by atoms with E-state index in [4.69, 9.17) is 14.7 Å². The highest BCUT2D eigenvalue weighted by molar-refractivity contribution is 5.94. The zero-order chi connectivity index (χ0) is 25.7. The van der Waals surface area contributed by atoms with Gasteiger partial charge in [-0.25, -0.2) is 18.7 Å². The summed E-state index contributed by atoms with van der Waals surface area (Å²) in [5.41, 5.74) is 2.01. The molecule has 3 aliphatic carbocycles. The van der Waals surface area contributed by atoms with Gasteiger partial charge in [-0.1, -0.05) is 0 Å². The number of rotatable bonds is 6. The first kappa shape index (κ1) is 23.4. The lowest BCUT2D eigenvalue weighted by atomic mass is 9.61. The van der Waals surface area contributed by atoms with Gasteiger partial charge in [0.15, 0.2) is 5.82 Å². The third-order valence-corrected chi connectivity index (χ3v) is 7.88. The Morgan fingerprint density at radius 2 is 1.78 bits per heavy atom. The molecule has 2 heterocycles. The van der Waals surface area contributed by atoms with Gasteiger partial charge in [0.1, 0.15) is 23.2 Å². The molecule has 2 atom stereocenters. The Labute approximate surface area is 211 Å². The molecule has 0 radical (unpaired) electrons. The van der Waals surface area contributed by atoms with Gasteiger partial charge in [-0.2, -0.15) is 0 Å². The number of anilines is 1. The summed E-state index contributed by atoms with van der Waals surface area (Å²) in [5.74, 6) is -0.850. The fourth-order valence-corrected chi connectivity index (χ4v) is 6.07. The Morgan fingerprint density at radius 3 is 2.49 bits per heavy atom. The van der Waals surface area contributed by atoms with Crippen LogP contribution in [0.15, 0.2) is 48.7 Å². The first-order valence-corrected chi connectivity index (χ1v) is 12.4. The molecule has 7 rings (SSSR count). The Morgan fingerprint density at radius 1 is 1.05 bits per heavy atom. The third kappa shape index (κ3) is 4.18. The van der Waals surface area contributed by atoms with Crippen LogP contribution in [0.2, 0.25) is 0 Å². The summed E-state index contributed by atoms with van der Waals surface area (Å²) in [5, 5.41) is 13.8. The number of nitrogens with zero attached hydrogens (tertiary/aromatic N) is 2. The van der Waals surface area contributed by atoms with Crippen molar-refractivity contribution in [3.63, 3.8) is 0 Å². The lowest BCUT2D eigenvalue weighted by Crippen LogP contribution is -2.51. The summed E-state index contributed by atoms with van der Waals surface area (Å²) in [6.07, 6.45) is 5.39. The molecule has 0 unspecified atom stereocenters. The van der Waals surface area contributed by atoms with Crippen LogP contribution in [0.3, 0.4) is 0 Å². The molecule has 2 bridgehead atoms. The topological polar surface area (TPSA) is 100 Å². The first-order valence-electron chi connectivity index (χ1n) is 12.4. The van der Waals surface area contributed by atoms with Gasteiger partial charge in [0, 0.05) is 40.9 Å². The molecule has 190 valence electrons. The SMILES string of the molecule is COc1ccc(-c2cc(N[C@H]3C4CCC(CC4)[C@@H]3C(=O)O)nc(-c3c[nH]c4c(F)cc(F)cc34)n2)cc1. The van der Waals surface area contributed by atoms with Gasteiger partial charge in [-0.15, -0.1) is 0 Å². The van der Waals surface area contributed by atoms with Crippen molar-refractivity contribution in [3.8, 4) is 28.4 Å². The highest BCUT2D eigenvalue weighted by Crippen LogP contribution is 2.46. The average Bonchev–Trinajstić information content (AvgIpc) is 3.33. The van der Waals surface area contributed by atoms with Crippen molar-refractivity contribution in [1.29, 1.82) is 0 Å². The van der Waals surface area contributed by atoms with Gasteiger partial charge in [0.25, 0.3) is 0 Å². The van der Waals surface area contributed by atoms with Crippen LogP contribution in [0.5, 0.6) is 5.75 Å². The van der Waals surface area contributed by atoms with Crippen LogP contribution in [0.1, 0.15) is 25.7 Å². The summed E-state index contributed by atoms with van der Waals surface area (Å²) in [6, 6.07) is 11.0. The minimum atomic E-state index is -0.792. The fourth-order valence-electron chi connectivity index (χ4n) is 6.07. The van der Waals surface area contributed by atoms with E-state index in [1.807, 2.05) is 24.3 Å². The molecule has 0 amide bonds. The van der Waals surface area contributed by atoms with Crippen molar-refractivity contribution < 1.29 is 23.4 Å². The number of aromatic amines is 1. The summed E-state index contributed by atoms with van der Waals surface area (Å²) in [7, 11) is 1.59. The average molecular weight is 505 g/mol. The standard InChI is InChI=1S/C28H26F2N4O3/c1-37-18-8-6-14(7-9-18)22-12-23(33-25-16-4-2-15(3-5-16)24(25)28(35)36)34-27(32-22)20-13-31-26-19(20)10-17(29)11-21(26)30/h6-13,15-16,24-25,31H,2-5H2,1H3,(H,35,36)(H,32,33,34)/t15?,16?,24-,25-/m0/s1. The van der Waals surface area contributed by atoms with Crippen LogP contribution in [0, 0.1) is 29.4 Å². The van der Waals surface area contributed by atoms with E-state index in [2.05, 4.69) is 10.3 Å². The molecular weight excluding hydrogens is 478 g/mol. The van der Waals surface area contributed by atoms with Crippen molar-refractivity contribution >= 4 is 22.7 Å². The van der Waals surface area contributed by atoms with Crippen molar-refractivity contribution in [2.45, 2.75) is 31.7 Å². The fraction of sp³-hybridized carbons (Fsp3) is 0.321. The summed E-state index contributed by atoms with van der Waals surface area (Å²) < 4.78 is 33.8. The smallest absolute Gasteiger partial charge is 0.308 e. The van der Waals surface area contributed by atoms with Gasteiger partial charge in [0.05, 0.1) is 24.2 Å². The van der Waals surface area contributed by atoms with Crippen molar-refractivity contribution in [3.05, 3.63) is 60.3 Å². The second kappa shape index (κ2) is 9.14. The highest BCUT2D eigenvalue weighted by atomic mass is 19.1. The van der Waals surface area contributed by atoms with E-state index in [-0.39, 0.29) is 29.2 Å². The summed E-state index contributed by atoms with van der Waals surface area (Å²) in [4.78, 5) is 24.5. The molecule has 2 aromatic heterocycles. The molecule has 4 aromatic rings. The maximum Gasteiger partial charge on any atom is 0.308 e. The van der Waals surface area contributed by atoms with E-state index in [0.29, 0.717) is 28.2 Å². The number of nitrogens with one attached hydrogen (secondary N) is 2. The number of H-pyrrole nitrogens is 1. The molecule has 2 aromatic carbocycles. The molecule has 3 fully saturated rings. The normalized spacial score (nSPS) is 22.8. The zero-order valence-corrected chi connectivity index (χ0v) is 20.2. The van der Waals surface area contributed by atoms with Gasteiger partial charge < -0.3 is 20.1 Å². The number of carbonyl (C=O) groups is 1. The van der Waals surface area contributed by atoms with E-state index < -0.39 is 23.5 Å². The third-order valence-electron chi connectivity index (χ3n) is 7.88.